The molecule has 0 saturated heterocycles. The number of benzene rings is 2. The van der Waals surface area contributed by atoms with E-state index < -0.39 is 22.0 Å². The predicted octanol–water partition coefficient (Wildman–Crippen LogP) is 3.42. The highest BCUT2D eigenvalue weighted by Gasteiger charge is 2.29. The third-order valence-electron chi connectivity index (χ3n) is 4.94. The van der Waals surface area contributed by atoms with Crippen LogP contribution in [0.4, 0.5) is 0 Å². The topological polar surface area (TPSA) is 125 Å². The maximum Gasteiger partial charge on any atom is 0.324 e. The fraction of sp³-hybridized carbons (Fsp3) is 0.286. The van der Waals surface area contributed by atoms with E-state index in [1.165, 1.54) is 19.2 Å². The van der Waals surface area contributed by atoms with Crippen LogP contribution >= 0.6 is 0 Å². The Labute approximate surface area is 178 Å². The Bertz CT molecular complexity index is 1390. The third-order valence-corrected chi connectivity index (χ3v) is 6.38. The minimum Gasteiger partial charge on any atom is -0.468 e. The van der Waals surface area contributed by atoms with E-state index in [2.05, 4.69) is 14.9 Å². The molecular weight excluding hydrogens is 422 g/mol. The fourth-order valence-corrected chi connectivity index (χ4v) is 4.65. The molecule has 162 valence electrons. The van der Waals surface area contributed by atoms with Gasteiger partial charge in [0.1, 0.15) is 17.2 Å². The van der Waals surface area contributed by atoms with Crippen LogP contribution in [0.3, 0.4) is 0 Å². The molecule has 0 radical (unpaired) electrons. The lowest BCUT2D eigenvalue weighted by molar-refractivity contribution is -0.143. The normalized spacial score (nSPS) is 13.2. The first-order chi connectivity index (χ1) is 14.7. The van der Waals surface area contributed by atoms with Crippen LogP contribution < -0.4 is 4.72 Å². The molecule has 0 fully saturated rings. The Morgan fingerprint density at radius 1 is 1.10 bits per heavy atom. The van der Waals surface area contributed by atoms with Crippen LogP contribution in [-0.2, 0) is 19.6 Å². The number of furan rings is 1. The maximum absolute atomic E-state index is 12.9. The molecule has 0 aliphatic carbocycles. The number of carbonyl (C=O) groups excluding carboxylic acids is 1. The number of aryl methyl sites for hydroxylation is 1. The Balaban J connectivity index is 1.74. The number of carbonyl (C=O) groups is 1. The molecule has 0 aliphatic heterocycles. The zero-order valence-electron chi connectivity index (χ0n) is 17.4. The molecular formula is C21H21N3O6S. The van der Waals surface area contributed by atoms with Crippen LogP contribution in [0.5, 0.6) is 0 Å². The number of esters is 1. The fourth-order valence-electron chi connectivity index (χ4n) is 3.30. The van der Waals surface area contributed by atoms with Crippen molar-refractivity contribution < 1.29 is 26.9 Å². The Hall–Kier alpha value is -3.24. The lowest BCUT2D eigenvalue weighted by atomic mass is 10.1. The van der Waals surface area contributed by atoms with Crippen molar-refractivity contribution in [2.75, 3.05) is 7.11 Å². The molecule has 10 heteroatoms. The zero-order valence-corrected chi connectivity index (χ0v) is 18.2. The summed E-state index contributed by atoms with van der Waals surface area (Å²) in [4.78, 5) is 16.2. The molecule has 1 unspecified atom stereocenters. The molecule has 4 rings (SSSR count). The molecule has 0 aliphatic rings. The molecule has 1 atom stereocenters. The molecule has 1 N–H and O–H groups in total. The molecule has 2 aromatic heterocycles. The Morgan fingerprint density at radius 3 is 2.52 bits per heavy atom. The van der Waals surface area contributed by atoms with Crippen molar-refractivity contribution in [3.8, 4) is 11.4 Å². The van der Waals surface area contributed by atoms with Gasteiger partial charge in [0.15, 0.2) is 0 Å². The average Bonchev–Trinajstić information content (AvgIpc) is 3.33. The van der Waals surface area contributed by atoms with E-state index in [4.69, 9.17) is 13.7 Å². The van der Waals surface area contributed by atoms with Gasteiger partial charge in [-0.15, -0.1) is 0 Å². The van der Waals surface area contributed by atoms with Gasteiger partial charge >= 0.3 is 5.97 Å². The van der Waals surface area contributed by atoms with Gasteiger partial charge in [0, 0.05) is 29.3 Å². The first kappa shape index (κ1) is 21.0. The molecule has 2 aromatic carbocycles. The van der Waals surface area contributed by atoms with E-state index in [9.17, 15) is 13.2 Å². The minimum absolute atomic E-state index is 0.0115. The Kier molecular flexibility index (Phi) is 5.28. The summed E-state index contributed by atoms with van der Waals surface area (Å²) in [5.41, 5.74) is 1.75. The van der Waals surface area contributed by atoms with Crippen molar-refractivity contribution in [3.05, 3.63) is 42.3 Å². The number of methoxy groups -OCH3 is 1. The van der Waals surface area contributed by atoms with Gasteiger partial charge in [-0.05, 0) is 36.2 Å². The number of aromatic nitrogens is 2. The number of rotatable bonds is 6. The molecule has 0 spiro atoms. The second kappa shape index (κ2) is 7.78. The summed E-state index contributed by atoms with van der Waals surface area (Å²) in [6.45, 7) is 5.17. The quantitative estimate of drug-likeness (QED) is 0.450. The van der Waals surface area contributed by atoms with Gasteiger partial charge in [-0.3, -0.25) is 4.79 Å². The van der Waals surface area contributed by atoms with Crippen LogP contribution in [0.15, 0.2) is 50.2 Å². The number of fused-ring (bicyclic) bond motifs is 3. The lowest BCUT2D eigenvalue weighted by Gasteiger charge is -2.19. The highest BCUT2D eigenvalue weighted by atomic mass is 32.2. The number of hydrogen-bond donors (Lipinski definition) is 1. The van der Waals surface area contributed by atoms with E-state index in [0.29, 0.717) is 22.9 Å². The van der Waals surface area contributed by atoms with Crippen molar-refractivity contribution in [3.63, 3.8) is 0 Å². The first-order valence-electron chi connectivity index (χ1n) is 9.57. The molecule has 9 nitrogen and oxygen atoms in total. The van der Waals surface area contributed by atoms with Gasteiger partial charge in [0.2, 0.25) is 21.7 Å². The monoisotopic (exact) mass is 443 g/mol. The van der Waals surface area contributed by atoms with Gasteiger partial charge in [0.25, 0.3) is 0 Å². The zero-order chi connectivity index (χ0) is 22.3. The van der Waals surface area contributed by atoms with E-state index in [0.717, 1.165) is 16.3 Å². The first-order valence-corrected chi connectivity index (χ1v) is 11.0. The van der Waals surface area contributed by atoms with Crippen LogP contribution in [0, 0.1) is 12.8 Å². The molecule has 4 aromatic rings. The van der Waals surface area contributed by atoms with Crippen LogP contribution in [0.2, 0.25) is 0 Å². The van der Waals surface area contributed by atoms with E-state index >= 15 is 0 Å². The van der Waals surface area contributed by atoms with Gasteiger partial charge < -0.3 is 13.7 Å². The SMILES string of the molecule is COC(=O)C(NS(=O)(=O)c1ccc2c(c1)oc1ccc(-c3noc(C)n3)cc12)C(C)C. The number of sulfonamides is 1. The highest BCUT2D eigenvalue weighted by Crippen LogP contribution is 2.33. The van der Waals surface area contributed by atoms with Gasteiger partial charge in [-0.1, -0.05) is 19.0 Å². The summed E-state index contributed by atoms with van der Waals surface area (Å²) in [7, 11) is -2.76. The van der Waals surface area contributed by atoms with Crippen molar-refractivity contribution in [1.82, 2.24) is 14.9 Å². The van der Waals surface area contributed by atoms with Gasteiger partial charge in [-0.2, -0.15) is 9.71 Å². The minimum atomic E-state index is -3.98. The van der Waals surface area contributed by atoms with E-state index in [-0.39, 0.29) is 10.8 Å². The summed E-state index contributed by atoms with van der Waals surface area (Å²) in [6.07, 6.45) is 0. The van der Waals surface area contributed by atoms with Gasteiger partial charge in [0.05, 0.1) is 12.0 Å². The van der Waals surface area contributed by atoms with Crippen molar-refractivity contribution in [1.29, 1.82) is 0 Å². The second-order valence-electron chi connectivity index (χ2n) is 7.47. The molecule has 0 saturated carbocycles. The third kappa shape index (κ3) is 3.91. The van der Waals surface area contributed by atoms with Crippen LogP contribution in [-0.4, -0.2) is 37.7 Å². The molecule has 31 heavy (non-hydrogen) atoms. The van der Waals surface area contributed by atoms with E-state index in [1.54, 1.807) is 39.0 Å². The van der Waals surface area contributed by atoms with Crippen LogP contribution in [0.1, 0.15) is 19.7 Å². The number of ether oxygens (including phenoxy) is 1. The summed E-state index contributed by atoms with van der Waals surface area (Å²) >= 11 is 0. The van der Waals surface area contributed by atoms with Crippen molar-refractivity contribution >= 4 is 37.9 Å². The Morgan fingerprint density at radius 2 is 1.87 bits per heavy atom. The van der Waals surface area contributed by atoms with E-state index in [1.807, 2.05) is 6.07 Å². The molecule has 2 heterocycles. The highest BCUT2D eigenvalue weighted by molar-refractivity contribution is 7.89. The smallest absolute Gasteiger partial charge is 0.324 e. The predicted molar refractivity (Wildman–Crippen MR) is 113 cm³/mol. The summed E-state index contributed by atoms with van der Waals surface area (Å²) in [6, 6.07) is 9.02. The maximum atomic E-state index is 12.9. The standard InChI is InChI=1S/C21H21N3O6S/c1-11(2)19(21(25)28-4)24-31(26,27)14-6-7-15-16-9-13(20-22-12(3)30-23-20)5-8-17(16)29-18(15)10-14/h5-11,19,24H,1-4H3. The molecule has 0 bridgehead atoms. The van der Waals surface area contributed by atoms with Crippen molar-refractivity contribution in [2.45, 2.75) is 31.7 Å². The number of hydrogen-bond acceptors (Lipinski definition) is 8. The average molecular weight is 443 g/mol. The number of nitrogens with one attached hydrogen (secondary N) is 1. The lowest BCUT2D eigenvalue weighted by Crippen LogP contribution is -2.44. The second-order valence-corrected chi connectivity index (χ2v) is 9.19. The summed E-state index contributed by atoms with van der Waals surface area (Å²) in [5.74, 6) is -0.0159. The number of nitrogens with zero attached hydrogens (tertiary/aromatic N) is 2. The summed E-state index contributed by atoms with van der Waals surface area (Å²) < 4.78 is 43.8. The summed E-state index contributed by atoms with van der Waals surface area (Å²) in [5, 5.41) is 5.46. The molecule has 0 amide bonds. The van der Waals surface area contributed by atoms with Gasteiger partial charge in [-0.25, -0.2) is 8.42 Å². The van der Waals surface area contributed by atoms with Crippen LogP contribution in [0.25, 0.3) is 33.3 Å². The van der Waals surface area contributed by atoms with Crippen molar-refractivity contribution in [2.24, 2.45) is 5.92 Å². The largest absolute Gasteiger partial charge is 0.468 e.